The number of fused-ring (bicyclic) bond motifs is 1. The van der Waals surface area contributed by atoms with Crippen molar-refractivity contribution in [3.63, 3.8) is 0 Å². The van der Waals surface area contributed by atoms with E-state index in [1.54, 1.807) is 6.07 Å². The van der Waals surface area contributed by atoms with Gasteiger partial charge in [-0.3, -0.25) is 0 Å². The first-order valence-corrected chi connectivity index (χ1v) is 6.73. The lowest BCUT2D eigenvalue weighted by molar-refractivity contribution is -0.0846. The minimum Gasteiger partial charge on any atom is -0.487 e. The van der Waals surface area contributed by atoms with Gasteiger partial charge in [-0.25, -0.2) is 4.39 Å². The average molecular weight is 249 g/mol. The first kappa shape index (κ1) is 12.0. The van der Waals surface area contributed by atoms with Crippen LogP contribution in [0.1, 0.15) is 44.7 Å². The molecule has 98 valence electrons. The summed E-state index contributed by atoms with van der Waals surface area (Å²) in [5.41, 5.74) is 7.01. The Bertz CT molecular complexity index is 466. The van der Waals surface area contributed by atoms with Gasteiger partial charge in [-0.1, -0.05) is 19.9 Å². The van der Waals surface area contributed by atoms with Crippen molar-refractivity contribution in [3.05, 3.63) is 29.6 Å². The highest BCUT2D eigenvalue weighted by Gasteiger charge is 2.50. The van der Waals surface area contributed by atoms with Gasteiger partial charge in [0, 0.05) is 24.1 Å². The summed E-state index contributed by atoms with van der Waals surface area (Å²) in [4.78, 5) is 0. The van der Waals surface area contributed by atoms with Crippen LogP contribution in [0.3, 0.4) is 0 Å². The zero-order chi connectivity index (χ0) is 12.9. The Kier molecular flexibility index (Phi) is 2.63. The molecular weight excluding hydrogens is 229 g/mol. The number of benzene rings is 1. The minimum atomic E-state index is -0.252. The summed E-state index contributed by atoms with van der Waals surface area (Å²) >= 11 is 0. The number of rotatable bonds is 1. The van der Waals surface area contributed by atoms with Crippen molar-refractivity contribution < 1.29 is 9.13 Å². The molecule has 1 spiro atoms. The van der Waals surface area contributed by atoms with E-state index in [1.807, 2.05) is 0 Å². The molecule has 0 radical (unpaired) electrons. The molecular formula is C15H20FNO. The van der Waals surface area contributed by atoms with Gasteiger partial charge in [-0.15, -0.1) is 0 Å². The predicted octanol–water partition coefficient (Wildman–Crippen LogP) is 3.41. The molecule has 1 aliphatic heterocycles. The van der Waals surface area contributed by atoms with Crippen molar-refractivity contribution in [1.82, 2.24) is 0 Å². The van der Waals surface area contributed by atoms with Crippen molar-refractivity contribution in [3.8, 4) is 5.75 Å². The number of hydrogen-bond acceptors (Lipinski definition) is 2. The highest BCUT2D eigenvalue weighted by Crippen LogP contribution is 2.52. The molecule has 1 heterocycles. The van der Waals surface area contributed by atoms with E-state index >= 15 is 0 Å². The van der Waals surface area contributed by atoms with Gasteiger partial charge >= 0.3 is 0 Å². The van der Waals surface area contributed by atoms with E-state index < -0.39 is 0 Å². The van der Waals surface area contributed by atoms with Gasteiger partial charge in [0.2, 0.25) is 0 Å². The second-order valence-electron chi connectivity index (χ2n) is 6.19. The monoisotopic (exact) mass is 249 g/mol. The van der Waals surface area contributed by atoms with Gasteiger partial charge in [0.15, 0.2) is 0 Å². The van der Waals surface area contributed by atoms with E-state index in [1.165, 1.54) is 12.1 Å². The lowest BCUT2D eigenvalue weighted by Gasteiger charge is -2.52. The van der Waals surface area contributed by atoms with Crippen LogP contribution < -0.4 is 10.5 Å². The predicted molar refractivity (Wildman–Crippen MR) is 68.9 cm³/mol. The fraction of sp³-hybridized carbons (Fsp3) is 0.600. The molecule has 1 aromatic rings. The average Bonchev–Trinajstić information content (AvgIpc) is 2.24. The third-order valence-corrected chi connectivity index (χ3v) is 4.50. The molecule has 0 aromatic heterocycles. The maximum absolute atomic E-state index is 13.3. The largest absolute Gasteiger partial charge is 0.487 e. The zero-order valence-electron chi connectivity index (χ0n) is 10.9. The molecule has 18 heavy (non-hydrogen) atoms. The number of hydrogen-bond donors (Lipinski definition) is 1. The molecule has 2 N–H and O–H groups in total. The van der Waals surface area contributed by atoms with E-state index in [2.05, 4.69) is 13.8 Å². The highest BCUT2D eigenvalue weighted by molar-refractivity contribution is 5.39. The molecule has 3 heteroatoms. The van der Waals surface area contributed by atoms with E-state index in [9.17, 15) is 4.39 Å². The van der Waals surface area contributed by atoms with Gasteiger partial charge in [0.25, 0.3) is 0 Å². The van der Waals surface area contributed by atoms with Crippen LogP contribution in [0.25, 0.3) is 0 Å². The normalized spacial score (nSPS) is 34.1. The zero-order valence-corrected chi connectivity index (χ0v) is 10.9. The van der Waals surface area contributed by atoms with Crippen LogP contribution in [-0.4, -0.2) is 5.60 Å². The van der Waals surface area contributed by atoms with Crippen LogP contribution in [-0.2, 0) is 0 Å². The van der Waals surface area contributed by atoms with Crippen LogP contribution in [0.2, 0.25) is 0 Å². The van der Waals surface area contributed by atoms with Crippen molar-refractivity contribution >= 4 is 0 Å². The third-order valence-electron chi connectivity index (χ3n) is 4.50. The molecule has 1 fully saturated rings. The first-order valence-electron chi connectivity index (χ1n) is 6.73. The Balaban J connectivity index is 1.84. The Labute approximate surface area is 107 Å². The molecule has 3 rings (SSSR count). The van der Waals surface area contributed by atoms with E-state index in [-0.39, 0.29) is 17.5 Å². The van der Waals surface area contributed by atoms with Crippen molar-refractivity contribution in [2.45, 2.75) is 44.8 Å². The summed E-state index contributed by atoms with van der Waals surface area (Å²) in [5, 5.41) is 0. The molecule has 1 aromatic carbocycles. The first-order chi connectivity index (χ1) is 8.49. The summed E-state index contributed by atoms with van der Waals surface area (Å²) in [6.07, 6.45) is 2.96. The topological polar surface area (TPSA) is 35.2 Å². The molecule has 0 saturated heterocycles. The lowest BCUT2D eigenvalue weighted by atomic mass is 9.62. The highest BCUT2D eigenvalue weighted by atomic mass is 19.1. The molecule has 0 amide bonds. The summed E-state index contributed by atoms with van der Waals surface area (Å²) in [7, 11) is 0. The second kappa shape index (κ2) is 3.95. The van der Waals surface area contributed by atoms with Crippen LogP contribution in [0.5, 0.6) is 5.75 Å². The van der Waals surface area contributed by atoms with E-state index in [4.69, 9.17) is 10.5 Å². The third kappa shape index (κ3) is 1.81. The van der Waals surface area contributed by atoms with Crippen LogP contribution in [0.15, 0.2) is 18.2 Å². The Hall–Kier alpha value is -1.09. The molecule has 1 aliphatic carbocycles. The molecule has 2 aliphatic rings. The van der Waals surface area contributed by atoms with E-state index in [0.717, 1.165) is 24.8 Å². The fourth-order valence-corrected chi connectivity index (χ4v) is 3.31. The smallest absolute Gasteiger partial charge is 0.127 e. The number of halogens is 1. The van der Waals surface area contributed by atoms with Gasteiger partial charge in [0.05, 0.1) is 0 Å². The van der Waals surface area contributed by atoms with Crippen LogP contribution in [0, 0.1) is 17.7 Å². The molecule has 0 unspecified atom stereocenters. The van der Waals surface area contributed by atoms with E-state index in [0.29, 0.717) is 17.6 Å². The summed E-state index contributed by atoms with van der Waals surface area (Å²) in [6.45, 7) is 4.49. The molecule has 1 saturated carbocycles. The van der Waals surface area contributed by atoms with Crippen molar-refractivity contribution in [2.75, 3.05) is 0 Å². The van der Waals surface area contributed by atoms with Crippen LogP contribution in [0.4, 0.5) is 4.39 Å². The summed E-state index contributed by atoms with van der Waals surface area (Å²) in [5.74, 6) is 1.80. The number of nitrogens with two attached hydrogens (primary N) is 1. The SMILES string of the molecule is CC(C)C1CC2(C1)C[C@@H](N)c1ccc(F)cc1O2. The summed E-state index contributed by atoms with van der Waals surface area (Å²) in [6, 6.07) is 4.65. The Morgan fingerprint density at radius 1 is 1.33 bits per heavy atom. The van der Waals surface area contributed by atoms with Gasteiger partial charge in [-0.2, -0.15) is 0 Å². The quantitative estimate of drug-likeness (QED) is 0.827. The van der Waals surface area contributed by atoms with Crippen LogP contribution >= 0.6 is 0 Å². The maximum atomic E-state index is 13.3. The lowest BCUT2D eigenvalue weighted by Crippen LogP contribution is -2.54. The maximum Gasteiger partial charge on any atom is 0.127 e. The fourth-order valence-electron chi connectivity index (χ4n) is 3.31. The second-order valence-corrected chi connectivity index (χ2v) is 6.19. The number of ether oxygens (including phenoxy) is 1. The standard InChI is InChI=1S/C15H20FNO/c1-9(2)10-6-15(7-10)8-13(17)12-4-3-11(16)5-14(12)18-15/h3-5,9-10,13H,6-8,17H2,1-2H3/t10?,13-,15?/m1/s1. The van der Waals surface area contributed by atoms with Gasteiger partial charge in [-0.05, 0) is 30.7 Å². The molecule has 1 atom stereocenters. The van der Waals surface area contributed by atoms with Crippen molar-refractivity contribution in [2.24, 2.45) is 17.6 Å². The Morgan fingerprint density at radius 2 is 2.06 bits per heavy atom. The van der Waals surface area contributed by atoms with Gasteiger partial charge < -0.3 is 10.5 Å². The molecule has 0 bridgehead atoms. The Morgan fingerprint density at radius 3 is 2.72 bits per heavy atom. The van der Waals surface area contributed by atoms with Gasteiger partial charge in [0.1, 0.15) is 17.2 Å². The minimum absolute atomic E-state index is 0.0255. The molecule has 2 nitrogen and oxygen atoms in total. The summed E-state index contributed by atoms with van der Waals surface area (Å²) < 4.78 is 19.3. The van der Waals surface area contributed by atoms with Crippen molar-refractivity contribution in [1.29, 1.82) is 0 Å².